The lowest BCUT2D eigenvalue weighted by Gasteiger charge is -2.26. The van der Waals surface area contributed by atoms with Crippen LogP contribution < -0.4 is 11.1 Å². The second-order valence-corrected chi connectivity index (χ2v) is 5.88. The van der Waals surface area contributed by atoms with Crippen molar-refractivity contribution in [1.29, 1.82) is 0 Å². The highest BCUT2D eigenvalue weighted by molar-refractivity contribution is 5.83. The van der Waals surface area contributed by atoms with Gasteiger partial charge in [-0.1, -0.05) is 18.2 Å². The molecule has 2 aromatic rings. The number of hydrogen-bond acceptors (Lipinski definition) is 3. The average molecular weight is 301 g/mol. The van der Waals surface area contributed by atoms with E-state index in [0.29, 0.717) is 19.8 Å². The van der Waals surface area contributed by atoms with Gasteiger partial charge in [-0.3, -0.25) is 4.79 Å². The summed E-state index contributed by atoms with van der Waals surface area (Å²) in [6, 6.07) is 7.76. The van der Waals surface area contributed by atoms with Crippen LogP contribution in [0.4, 0.5) is 0 Å². The first-order valence-electron chi connectivity index (χ1n) is 7.92. The summed E-state index contributed by atoms with van der Waals surface area (Å²) in [5.74, 6) is 0.189. The monoisotopic (exact) mass is 301 g/mol. The first-order chi connectivity index (χ1) is 10.8. The molecular weight excluding hydrogens is 278 g/mol. The van der Waals surface area contributed by atoms with E-state index in [1.54, 1.807) is 0 Å². The summed E-state index contributed by atoms with van der Waals surface area (Å²) in [6.07, 6.45) is 4.56. The fourth-order valence-electron chi connectivity index (χ4n) is 3.07. The first kappa shape index (κ1) is 15.1. The minimum Gasteiger partial charge on any atom is -0.381 e. The number of ether oxygens (including phenoxy) is 1. The van der Waals surface area contributed by atoms with Gasteiger partial charge in [-0.15, -0.1) is 0 Å². The molecule has 1 amide bonds. The second-order valence-electron chi connectivity index (χ2n) is 5.88. The Kier molecular flexibility index (Phi) is 4.75. The molecule has 1 fully saturated rings. The fraction of sp³-hybridized carbons (Fsp3) is 0.471. The topological polar surface area (TPSA) is 80.1 Å². The molecule has 1 saturated heterocycles. The summed E-state index contributed by atoms with van der Waals surface area (Å²) in [7, 11) is 0. The van der Waals surface area contributed by atoms with Crippen LogP contribution >= 0.6 is 0 Å². The summed E-state index contributed by atoms with van der Waals surface area (Å²) < 4.78 is 5.31. The molecule has 1 aliphatic heterocycles. The Morgan fingerprint density at radius 2 is 2.14 bits per heavy atom. The summed E-state index contributed by atoms with van der Waals surface area (Å²) in [5.41, 5.74) is 8.41. The van der Waals surface area contributed by atoms with E-state index in [4.69, 9.17) is 10.5 Å². The quantitative estimate of drug-likeness (QED) is 0.784. The molecule has 1 aromatic carbocycles. The Balaban J connectivity index is 1.51. The smallest absolute Gasteiger partial charge is 0.237 e. The molecule has 1 aromatic heterocycles. The van der Waals surface area contributed by atoms with Crippen LogP contribution in [0, 0.1) is 5.92 Å². The van der Waals surface area contributed by atoms with Gasteiger partial charge in [0.05, 0.1) is 6.04 Å². The number of hydrogen-bond donors (Lipinski definition) is 3. The van der Waals surface area contributed by atoms with E-state index in [0.717, 1.165) is 24.8 Å². The maximum atomic E-state index is 12.1. The summed E-state index contributed by atoms with van der Waals surface area (Å²) >= 11 is 0. The van der Waals surface area contributed by atoms with E-state index >= 15 is 0 Å². The Morgan fingerprint density at radius 1 is 1.36 bits per heavy atom. The second kappa shape index (κ2) is 6.94. The molecule has 1 aliphatic rings. The molecule has 3 rings (SSSR count). The number of nitrogens with two attached hydrogens (primary N) is 1. The summed E-state index contributed by atoms with van der Waals surface area (Å²) in [5, 5.41) is 4.18. The first-order valence-corrected chi connectivity index (χ1v) is 7.92. The number of para-hydroxylation sites is 1. The van der Waals surface area contributed by atoms with Gasteiger partial charge in [0.15, 0.2) is 0 Å². The molecule has 5 nitrogen and oxygen atoms in total. The van der Waals surface area contributed by atoms with Gasteiger partial charge in [0.2, 0.25) is 5.91 Å². The average Bonchev–Trinajstić information content (AvgIpc) is 2.98. The standard InChI is InChI=1S/C17H23N3O2/c18-16(12-6-9-22-10-7-12)17(21)19-8-5-13-11-20-15-4-2-1-3-14(13)15/h1-4,11-12,16,20H,5-10,18H2,(H,19,21). The van der Waals surface area contributed by atoms with Crippen molar-refractivity contribution < 1.29 is 9.53 Å². The van der Waals surface area contributed by atoms with Crippen molar-refractivity contribution >= 4 is 16.8 Å². The molecule has 0 aliphatic carbocycles. The highest BCUT2D eigenvalue weighted by Gasteiger charge is 2.26. The predicted molar refractivity (Wildman–Crippen MR) is 86.5 cm³/mol. The van der Waals surface area contributed by atoms with Crippen LogP contribution in [0.3, 0.4) is 0 Å². The molecule has 4 N–H and O–H groups in total. The number of amides is 1. The van der Waals surface area contributed by atoms with Crippen LogP contribution in [0.5, 0.6) is 0 Å². The number of H-pyrrole nitrogens is 1. The zero-order valence-corrected chi connectivity index (χ0v) is 12.7. The largest absolute Gasteiger partial charge is 0.381 e. The summed E-state index contributed by atoms with van der Waals surface area (Å²) in [4.78, 5) is 15.4. The van der Waals surface area contributed by atoms with Crippen molar-refractivity contribution in [2.75, 3.05) is 19.8 Å². The number of aromatic nitrogens is 1. The van der Waals surface area contributed by atoms with Crippen LogP contribution in [0.2, 0.25) is 0 Å². The van der Waals surface area contributed by atoms with E-state index < -0.39 is 6.04 Å². The van der Waals surface area contributed by atoms with Gasteiger partial charge >= 0.3 is 0 Å². The molecule has 1 unspecified atom stereocenters. The normalized spacial score (nSPS) is 17.5. The molecule has 118 valence electrons. The third-order valence-corrected chi connectivity index (χ3v) is 4.45. The zero-order valence-electron chi connectivity index (χ0n) is 12.7. The maximum absolute atomic E-state index is 12.1. The summed E-state index contributed by atoms with van der Waals surface area (Å²) in [6.45, 7) is 2.03. The molecule has 1 atom stereocenters. The van der Waals surface area contributed by atoms with Gasteiger partial charge in [0.25, 0.3) is 0 Å². The number of nitrogens with one attached hydrogen (secondary N) is 2. The molecule has 0 spiro atoms. The van der Waals surface area contributed by atoms with Crippen LogP contribution in [0.1, 0.15) is 18.4 Å². The number of benzene rings is 1. The third-order valence-electron chi connectivity index (χ3n) is 4.45. The number of rotatable bonds is 5. The van der Waals surface area contributed by atoms with Crippen molar-refractivity contribution in [2.24, 2.45) is 11.7 Å². The number of carbonyl (C=O) groups excluding carboxylic acids is 1. The molecular formula is C17H23N3O2. The molecule has 0 saturated carbocycles. The highest BCUT2D eigenvalue weighted by Crippen LogP contribution is 2.19. The minimum absolute atomic E-state index is 0.0493. The van der Waals surface area contributed by atoms with Crippen LogP contribution in [0.25, 0.3) is 10.9 Å². The SMILES string of the molecule is NC(C(=O)NCCc1c[nH]c2ccccc12)C1CCOCC1. The zero-order chi connectivity index (χ0) is 15.4. The number of aromatic amines is 1. The van der Waals surface area contributed by atoms with Crippen LogP contribution in [-0.4, -0.2) is 36.7 Å². The van der Waals surface area contributed by atoms with Gasteiger partial charge in [-0.2, -0.15) is 0 Å². The molecule has 0 radical (unpaired) electrons. The fourth-order valence-corrected chi connectivity index (χ4v) is 3.07. The molecule has 0 bridgehead atoms. The van der Waals surface area contributed by atoms with Crippen LogP contribution in [0.15, 0.2) is 30.5 Å². The van der Waals surface area contributed by atoms with E-state index in [-0.39, 0.29) is 11.8 Å². The van der Waals surface area contributed by atoms with E-state index in [2.05, 4.69) is 22.4 Å². The van der Waals surface area contributed by atoms with Gasteiger partial charge < -0.3 is 20.8 Å². The molecule has 22 heavy (non-hydrogen) atoms. The molecule has 2 heterocycles. The van der Waals surface area contributed by atoms with Crippen molar-refractivity contribution in [3.8, 4) is 0 Å². The van der Waals surface area contributed by atoms with Gasteiger partial charge in [0.1, 0.15) is 0 Å². The van der Waals surface area contributed by atoms with Crippen molar-refractivity contribution in [3.63, 3.8) is 0 Å². The Hall–Kier alpha value is -1.85. The van der Waals surface area contributed by atoms with Crippen molar-refractivity contribution in [2.45, 2.75) is 25.3 Å². The minimum atomic E-state index is -0.424. The van der Waals surface area contributed by atoms with Crippen molar-refractivity contribution in [3.05, 3.63) is 36.0 Å². The van der Waals surface area contributed by atoms with E-state index in [9.17, 15) is 4.79 Å². The van der Waals surface area contributed by atoms with Gasteiger partial charge in [-0.05, 0) is 36.8 Å². The molecule has 5 heteroatoms. The highest BCUT2D eigenvalue weighted by atomic mass is 16.5. The number of fused-ring (bicyclic) bond motifs is 1. The third kappa shape index (κ3) is 3.31. The van der Waals surface area contributed by atoms with E-state index in [1.807, 2.05) is 18.3 Å². The maximum Gasteiger partial charge on any atom is 0.237 e. The van der Waals surface area contributed by atoms with Gasteiger partial charge in [0, 0.05) is 36.9 Å². The van der Waals surface area contributed by atoms with Gasteiger partial charge in [-0.25, -0.2) is 0 Å². The van der Waals surface area contributed by atoms with Crippen LogP contribution in [-0.2, 0) is 16.0 Å². The Morgan fingerprint density at radius 3 is 2.95 bits per heavy atom. The Labute approximate surface area is 130 Å². The predicted octanol–water partition coefficient (Wildman–Crippen LogP) is 1.58. The number of carbonyl (C=O) groups is 1. The lowest BCUT2D eigenvalue weighted by molar-refractivity contribution is -0.124. The van der Waals surface area contributed by atoms with E-state index in [1.165, 1.54) is 10.9 Å². The lowest BCUT2D eigenvalue weighted by atomic mass is 9.92. The Bertz CT molecular complexity index is 632. The lowest BCUT2D eigenvalue weighted by Crippen LogP contribution is -2.47. The van der Waals surface area contributed by atoms with Crippen molar-refractivity contribution in [1.82, 2.24) is 10.3 Å².